The molecule has 0 saturated heterocycles. The molecule has 1 aromatic carbocycles. The highest BCUT2D eigenvalue weighted by Gasteiger charge is 2.19. The molecule has 1 N–H and O–H groups in total. The molecule has 0 spiro atoms. The number of likely N-dealkylation sites (N-methyl/N-ethyl adjacent to an activating group) is 2. The molecular formula is C104H189N5O9. The predicted octanol–water partition coefficient (Wildman–Crippen LogP) is 30.9. The number of hydrogen-bond acceptors (Lipinski definition) is 13. The van der Waals surface area contributed by atoms with Crippen LogP contribution in [0.25, 0.3) is 0 Å². The maximum absolute atomic E-state index is 12.8. The van der Waals surface area contributed by atoms with Gasteiger partial charge in [-0.1, -0.05) is 319 Å². The van der Waals surface area contributed by atoms with Gasteiger partial charge in [0, 0.05) is 51.4 Å². The summed E-state index contributed by atoms with van der Waals surface area (Å²) >= 11 is 0. The molecule has 1 aromatic rings. The minimum absolute atomic E-state index is 0.0245. The van der Waals surface area contributed by atoms with Crippen LogP contribution in [0.2, 0.25) is 0 Å². The zero-order chi connectivity index (χ0) is 86.4. The first kappa shape index (κ1) is 115. The maximum Gasteiger partial charge on any atom is 0.514 e. The molecule has 0 aliphatic carbocycles. The number of ether oxygens (including phenoxy) is 4. The average Bonchev–Trinajstić information content (AvgIpc) is 0.888. The van der Waals surface area contributed by atoms with Crippen LogP contribution >= 0.6 is 0 Å². The van der Waals surface area contributed by atoms with Crippen molar-refractivity contribution < 1.29 is 38.6 Å². The summed E-state index contributed by atoms with van der Waals surface area (Å²) in [5.41, 5.74) is -0.0432. The van der Waals surface area contributed by atoms with Gasteiger partial charge < -0.3 is 33.9 Å². The molecule has 0 aromatic heterocycles. The zero-order valence-electron chi connectivity index (χ0n) is 78.7. The van der Waals surface area contributed by atoms with Crippen molar-refractivity contribution in [3.05, 3.63) is 132 Å². The molecule has 0 heterocycles. The largest absolute Gasteiger partial charge is 0.514 e. The summed E-state index contributed by atoms with van der Waals surface area (Å²) in [6, 6.07) is 5.52. The number of benzene rings is 1. The lowest BCUT2D eigenvalue weighted by atomic mass is 10.0. The highest BCUT2D eigenvalue weighted by molar-refractivity contribution is 5.64. The first-order valence-corrected chi connectivity index (χ1v) is 49.3. The summed E-state index contributed by atoms with van der Waals surface area (Å²) in [4.78, 5) is 45.0. The average molecular weight is 1650 g/mol. The number of aliphatic hydroxyl groups excluding tert-OH is 1. The highest BCUT2D eigenvalue weighted by atomic mass is 16.7. The number of non-ortho nitro benzene ring substituents is 1. The number of carbonyl (C=O) groups is 2. The molecule has 0 aliphatic rings. The molecule has 684 valence electrons. The van der Waals surface area contributed by atoms with E-state index in [0.717, 1.165) is 155 Å². The van der Waals surface area contributed by atoms with Crippen molar-refractivity contribution in [2.45, 2.75) is 426 Å². The van der Waals surface area contributed by atoms with Crippen LogP contribution in [0.5, 0.6) is 5.75 Å². The third-order valence-electron chi connectivity index (χ3n) is 21.6. The molecular weight excluding hydrogens is 1460 g/mol. The van der Waals surface area contributed by atoms with Gasteiger partial charge in [-0.25, -0.2) is 9.59 Å². The minimum Gasteiger partial charge on any atom is -0.433 e. The Balaban J connectivity index is 0. The van der Waals surface area contributed by atoms with Gasteiger partial charge >= 0.3 is 12.3 Å². The number of hydrogen-bond donors (Lipinski definition) is 1. The van der Waals surface area contributed by atoms with Gasteiger partial charge in [-0.2, -0.15) is 0 Å². The van der Waals surface area contributed by atoms with Gasteiger partial charge in [0.25, 0.3) is 5.69 Å². The fourth-order valence-electron chi connectivity index (χ4n) is 14.0. The van der Waals surface area contributed by atoms with Crippen LogP contribution in [0.15, 0.2) is 121 Å². The highest BCUT2D eigenvalue weighted by Crippen LogP contribution is 2.23. The number of nitrogens with zero attached hydrogens (tertiary/aromatic N) is 5. The predicted molar refractivity (Wildman–Crippen MR) is 512 cm³/mol. The van der Waals surface area contributed by atoms with Crippen LogP contribution in [0.1, 0.15) is 414 Å². The van der Waals surface area contributed by atoms with E-state index in [9.17, 15) is 19.7 Å². The van der Waals surface area contributed by atoms with Crippen molar-refractivity contribution in [1.29, 1.82) is 0 Å². The van der Waals surface area contributed by atoms with Crippen molar-refractivity contribution >= 4 is 18.0 Å². The van der Waals surface area contributed by atoms with Crippen LogP contribution in [0.4, 0.5) is 15.3 Å². The van der Waals surface area contributed by atoms with E-state index in [0.29, 0.717) is 6.61 Å². The van der Waals surface area contributed by atoms with E-state index in [1.807, 2.05) is 0 Å². The van der Waals surface area contributed by atoms with Gasteiger partial charge in [0.1, 0.15) is 24.6 Å². The number of aliphatic hydroxyl groups is 1. The Bertz CT molecular complexity index is 2410. The fraction of sp³-hybridized carbons (Fsp3) is 0.769. The number of nitro groups is 1. The summed E-state index contributed by atoms with van der Waals surface area (Å²) < 4.78 is 22.7. The van der Waals surface area contributed by atoms with Crippen molar-refractivity contribution in [1.82, 2.24) is 19.6 Å². The third kappa shape index (κ3) is 90.1. The summed E-state index contributed by atoms with van der Waals surface area (Å²) in [5.74, 6) is 0.252. The minimum atomic E-state index is -0.732. The summed E-state index contributed by atoms with van der Waals surface area (Å²) in [6.45, 7) is 22.1. The van der Waals surface area contributed by atoms with Crippen molar-refractivity contribution in [3.63, 3.8) is 0 Å². The smallest absolute Gasteiger partial charge is 0.433 e. The lowest BCUT2D eigenvalue weighted by Crippen LogP contribution is -2.35. The Morgan fingerprint density at radius 1 is 0.331 bits per heavy atom. The van der Waals surface area contributed by atoms with E-state index in [2.05, 4.69) is 187 Å². The lowest BCUT2D eigenvalue weighted by Gasteiger charge is -2.24. The lowest BCUT2D eigenvalue weighted by molar-refractivity contribution is -0.384. The summed E-state index contributed by atoms with van der Waals surface area (Å²) in [6.07, 6.45) is 106. The quantitative estimate of drug-likeness (QED) is 0.0165. The van der Waals surface area contributed by atoms with Crippen LogP contribution in [-0.4, -0.2) is 148 Å². The Kier molecular flexibility index (Phi) is 93.2. The molecule has 0 fully saturated rings. The molecule has 1 rings (SSSR count). The Morgan fingerprint density at radius 2 is 0.593 bits per heavy atom. The number of allylic oxidation sites excluding steroid dienone is 16. The third-order valence-corrected chi connectivity index (χ3v) is 21.6. The van der Waals surface area contributed by atoms with Gasteiger partial charge in [-0.3, -0.25) is 19.9 Å². The first-order chi connectivity index (χ1) is 57.8. The van der Waals surface area contributed by atoms with Gasteiger partial charge in [0.15, 0.2) is 0 Å². The molecule has 14 heteroatoms. The van der Waals surface area contributed by atoms with E-state index >= 15 is 0 Å². The van der Waals surface area contributed by atoms with Gasteiger partial charge in [-0.05, 0) is 246 Å². The van der Waals surface area contributed by atoms with Crippen molar-refractivity contribution in [2.24, 2.45) is 0 Å². The number of rotatable bonds is 83. The van der Waals surface area contributed by atoms with Crippen LogP contribution in [0, 0.1) is 10.1 Å². The molecule has 0 aliphatic heterocycles. The van der Waals surface area contributed by atoms with Crippen molar-refractivity contribution in [2.75, 3.05) is 93.8 Å². The standard InChI is InChI=1S/C49H92N2O3.C44H71NO5.C11H26N2O/c1-6-9-12-14-16-18-20-22-24-26-28-30-32-34-36-38-41-48(54-49(52)53-47-46-51(43-40-11-8-3)45-44-50(4)5)42-39-37-35-33-31-29-27-25-23-21-19-17-15-13-10-7-2;1-3-5-7-9-11-13-15-17-19-21-23-25-27-29-31-33-35-42(49-44(46)50-43-39-37-41(38-40-43)45(47)48)36-34-32-30-28-26-24-22-20-18-16-14-12-10-8-6-4-2;1-4-5-6-7-13(10-11-14)9-8-12(2)3/h16-19,22-25,48H,6-15,20-21,26-47H2,1-5H3;11-14,17-20,37-40,42H,3-10,15-16,21-36H2,1-2H3;14H,4-11H2,1-3H3/b18-16-,19-17-,24-22-,25-23-;13-11-,14-12-,19-17-,20-18-;. The van der Waals surface area contributed by atoms with Gasteiger partial charge in [0.05, 0.1) is 11.5 Å². The molecule has 0 bridgehead atoms. The zero-order valence-corrected chi connectivity index (χ0v) is 78.7. The second-order valence-electron chi connectivity index (χ2n) is 33.6. The van der Waals surface area contributed by atoms with Crippen molar-refractivity contribution in [3.8, 4) is 5.75 Å². The SMILES string of the molecule is CCCCC/C=C\C/C=C\CCCCCCCCC(CCCCCCCC/C=C\C/C=C\CCCCC)OC(=O)OCCN(CCCCC)CCN(C)C.CCCCC/C=C\C/C=C\CCCCCCCCC(CCCCCCCC/C=C\C/C=C\CCCCC)OC(=O)Oc1ccc([N+](=O)[O-])cc1.CCCCCN(CCO)CCN(C)C. The molecule has 0 saturated carbocycles. The second-order valence-corrected chi connectivity index (χ2v) is 33.6. The Labute approximate surface area is 729 Å². The molecule has 0 unspecified atom stereocenters. The van der Waals surface area contributed by atoms with E-state index in [4.69, 9.17) is 24.1 Å². The monoisotopic (exact) mass is 1650 g/mol. The molecule has 0 amide bonds. The van der Waals surface area contributed by atoms with Crippen LogP contribution in [-0.2, 0) is 14.2 Å². The Morgan fingerprint density at radius 3 is 0.873 bits per heavy atom. The van der Waals surface area contributed by atoms with E-state index in [1.54, 1.807) is 0 Å². The summed E-state index contributed by atoms with van der Waals surface area (Å²) in [5, 5.41) is 19.8. The fourth-order valence-corrected chi connectivity index (χ4v) is 14.0. The van der Waals surface area contributed by atoms with Crippen LogP contribution in [0.3, 0.4) is 0 Å². The molecule has 118 heavy (non-hydrogen) atoms. The molecule has 0 atom stereocenters. The van der Waals surface area contributed by atoms with E-state index in [1.165, 1.54) is 294 Å². The topological polar surface area (TPSA) is 147 Å². The van der Waals surface area contributed by atoms with E-state index in [-0.39, 0.29) is 30.3 Å². The molecule has 14 nitrogen and oxygen atoms in total. The Hall–Kier alpha value is -5.12. The van der Waals surface area contributed by atoms with E-state index < -0.39 is 17.2 Å². The van der Waals surface area contributed by atoms with Crippen LogP contribution < -0.4 is 4.74 Å². The second kappa shape index (κ2) is 95.7. The first-order valence-electron chi connectivity index (χ1n) is 49.3. The van der Waals surface area contributed by atoms with Gasteiger partial charge in [-0.15, -0.1) is 0 Å². The number of nitro benzene ring substituents is 1. The number of carbonyl (C=O) groups excluding carboxylic acids is 2. The maximum atomic E-state index is 12.8. The van der Waals surface area contributed by atoms with Gasteiger partial charge in [0.2, 0.25) is 0 Å². The summed E-state index contributed by atoms with van der Waals surface area (Å²) in [7, 11) is 8.40. The molecule has 0 radical (unpaired) electrons. The number of unbranched alkanes of at least 4 members (excludes halogenated alkanes) is 40. The normalized spacial score (nSPS) is 12.1.